The molecule has 1 aromatic carbocycles. The summed E-state index contributed by atoms with van der Waals surface area (Å²) in [7, 11) is 0. The topological polar surface area (TPSA) is 53.7 Å². The molecule has 2 aromatic rings. The number of halogens is 1. The quantitative estimate of drug-likeness (QED) is 0.580. The Hall–Kier alpha value is -0.790. The van der Waals surface area contributed by atoms with Crippen LogP contribution < -0.4 is 4.74 Å². The first kappa shape index (κ1) is 14.6. The van der Waals surface area contributed by atoms with Crippen molar-refractivity contribution in [2.45, 2.75) is 12.2 Å². The van der Waals surface area contributed by atoms with E-state index in [4.69, 9.17) is 17.0 Å². The minimum Gasteiger partial charge on any atom is -0.494 e. The van der Waals surface area contributed by atoms with Crippen molar-refractivity contribution in [1.82, 2.24) is 15.2 Å². The van der Waals surface area contributed by atoms with Crippen molar-refractivity contribution in [3.63, 3.8) is 0 Å². The molecule has 0 aliphatic heterocycles. The molecule has 0 amide bonds. The summed E-state index contributed by atoms with van der Waals surface area (Å²) in [4.78, 5) is 4.13. The predicted octanol–water partition coefficient (Wildman–Crippen LogP) is 3.93. The highest BCUT2D eigenvalue weighted by molar-refractivity contribution is 9.10. The summed E-state index contributed by atoms with van der Waals surface area (Å²) in [6.07, 6.45) is 1.00. The number of nitrogens with one attached hydrogen (secondary N) is 2. The molecule has 2 N–H and O–H groups in total. The van der Waals surface area contributed by atoms with E-state index < -0.39 is 0 Å². The average Bonchev–Trinajstić information content (AvgIpc) is 2.79. The zero-order valence-electron chi connectivity index (χ0n) is 10.2. The number of hydrogen-bond acceptors (Lipinski definition) is 4. The summed E-state index contributed by atoms with van der Waals surface area (Å²) < 4.78 is 7.20. The molecule has 4 nitrogen and oxygen atoms in total. The lowest BCUT2D eigenvalue weighted by Gasteiger charge is -2.05. The van der Waals surface area contributed by atoms with Crippen molar-refractivity contribution in [3.8, 4) is 5.75 Å². The SMILES string of the molecule is S=c1nc(CSCCCOc2cccc(Br)c2)[nH][nH]1. The number of rotatable bonds is 7. The van der Waals surface area contributed by atoms with Gasteiger partial charge in [-0.3, -0.25) is 10.2 Å². The van der Waals surface area contributed by atoms with Crippen LogP contribution in [0.1, 0.15) is 12.2 Å². The van der Waals surface area contributed by atoms with Crippen LogP contribution in [-0.2, 0) is 5.75 Å². The smallest absolute Gasteiger partial charge is 0.213 e. The average molecular weight is 360 g/mol. The van der Waals surface area contributed by atoms with Gasteiger partial charge in [-0.1, -0.05) is 22.0 Å². The highest BCUT2D eigenvalue weighted by atomic mass is 79.9. The Labute approximate surface area is 129 Å². The number of hydrogen-bond donors (Lipinski definition) is 2. The minimum absolute atomic E-state index is 0.508. The van der Waals surface area contributed by atoms with E-state index in [-0.39, 0.29) is 0 Å². The Morgan fingerprint density at radius 3 is 3.00 bits per heavy atom. The second-order valence-corrected chi connectivity index (χ2v) is 6.23. The predicted molar refractivity (Wildman–Crippen MR) is 84.2 cm³/mol. The van der Waals surface area contributed by atoms with Crippen molar-refractivity contribution >= 4 is 39.9 Å². The van der Waals surface area contributed by atoms with Crippen molar-refractivity contribution < 1.29 is 4.74 Å². The van der Waals surface area contributed by atoms with Crippen LogP contribution in [0.15, 0.2) is 28.7 Å². The minimum atomic E-state index is 0.508. The molecular formula is C12H14BrN3OS2. The van der Waals surface area contributed by atoms with Gasteiger partial charge in [0, 0.05) is 4.47 Å². The maximum Gasteiger partial charge on any atom is 0.213 e. The maximum absolute atomic E-state index is 5.65. The van der Waals surface area contributed by atoms with Gasteiger partial charge < -0.3 is 4.74 Å². The molecule has 0 spiro atoms. The number of nitrogens with zero attached hydrogens (tertiary/aromatic N) is 1. The van der Waals surface area contributed by atoms with Crippen molar-refractivity contribution in [1.29, 1.82) is 0 Å². The summed E-state index contributed by atoms with van der Waals surface area (Å²) in [5.41, 5.74) is 0. The van der Waals surface area contributed by atoms with E-state index in [1.54, 1.807) is 0 Å². The summed E-state index contributed by atoms with van der Waals surface area (Å²) in [6, 6.07) is 7.88. The first-order valence-electron chi connectivity index (χ1n) is 5.84. The lowest BCUT2D eigenvalue weighted by molar-refractivity contribution is 0.318. The molecule has 102 valence electrons. The largest absolute Gasteiger partial charge is 0.494 e. The fourth-order valence-electron chi connectivity index (χ4n) is 1.45. The van der Waals surface area contributed by atoms with E-state index in [1.165, 1.54) is 0 Å². The van der Waals surface area contributed by atoms with Crippen LogP contribution in [0.3, 0.4) is 0 Å². The standard InChI is InChI=1S/C12H14BrN3OS2/c13-9-3-1-4-10(7-9)17-5-2-6-19-8-11-14-12(18)16-15-11/h1,3-4,7H,2,5-6,8H2,(H2,14,15,16,18). The molecule has 19 heavy (non-hydrogen) atoms. The molecule has 0 radical (unpaired) electrons. The number of aromatic nitrogens is 3. The first-order chi connectivity index (χ1) is 9.24. The van der Waals surface area contributed by atoms with Gasteiger partial charge in [0.1, 0.15) is 11.6 Å². The number of H-pyrrole nitrogens is 2. The lowest BCUT2D eigenvalue weighted by Crippen LogP contribution is -1.99. The third-order valence-electron chi connectivity index (χ3n) is 2.29. The van der Waals surface area contributed by atoms with E-state index >= 15 is 0 Å². The maximum atomic E-state index is 5.65. The van der Waals surface area contributed by atoms with Crippen LogP contribution in [-0.4, -0.2) is 27.5 Å². The molecular weight excluding hydrogens is 346 g/mol. The van der Waals surface area contributed by atoms with E-state index in [9.17, 15) is 0 Å². The monoisotopic (exact) mass is 359 g/mol. The first-order valence-corrected chi connectivity index (χ1v) is 8.19. The normalized spacial score (nSPS) is 10.6. The number of benzene rings is 1. The third kappa shape index (κ3) is 5.38. The van der Waals surface area contributed by atoms with Gasteiger partial charge >= 0.3 is 0 Å². The number of thioether (sulfide) groups is 1. The Bertz CT molecular complexity index is 570. The molecule has 0 unspecified atom stereocenters. The summed E-state index contributed by atoms with van der Waals surface area (Å²) in [5.74, 6) is 3.66. The van der Waals surface area contributed by atoms with Gasteiger partial charge in [0.2, 0.25) is 4.77 Å². The zero-order valence-corrected chi connectivity index (χ0v) is 13.4. The third-order valence-corrected chi connectivity index (χ3v) is 4.03. The van der Waals surface area contributed by atoms with Gasteiger partial charge in [0.25, 0.3) is 0 Å². The van der Waals surface area contributed by atoms with Crippen LogP contribution in [0.25, 0.3) is 0 Å². The van der Waals surface area contributed by atoms with Crippen LogP contribution in [0.2, 0.25) is 0 Å². The molecule has 0 aliphatic carbocycles. The van der Waals surface area contributed by atoms with Gasteiger partial charge in [-0.25, -0.2) is 4.98 Å². The van der Waals surface area contributed by atoms with E-state index in [1.807, 2.05) is 36.0 Å². The molecule has 1 heterocycles. The molecule has 1 aromatic heterocycles. The Balaban J connectivity index is 1.58. The molecule has 0 aliphatic rings. The van der Waals surface area contributed by atoms with Gasteiger partial charge in [-0.05, 0) is 42.6 Å². The van der Waals surface area contributed by atoms with E-state index in [2.05, 4.69) is 31.1 Å². The lowest BCUT2D eigenvalue weighted by atomic mass is 10.3. The molecule has 0 saturated carbocycles. The van der Waals surface area contributed by atoms with Crippen molar-refractivity contribution in [2.24, 2.45) is 0 Å². The van der Waals surface area contributed by atoms with Crippen LogP contribution in [0.4, 0.5) is 0 Å². The molecule has 0 bridgehead atoms. The molecule has 2 rings (SSSR count). The summed E-state index contributed by atoms with van der Waals surface area (Å²) in [5, 5.41) is 5.71. The fourth-order valence-corrected chi connectivity index (χ4v) is 2.78. The molecule has 7 heteroatoms. The molecule has 0 saturated heterocycles. The van der Waals surface area contributed by atoms with Gasteiger partial charge in [-0.15, -0.1) is 0 Å². The van der Waals surface area contributed by atoms with Crippen molar-refractivity contribution in [2.75, 3.05) is 12.4 Å². The molecule has 0 fully saturated rings. The summed E-state index contributed by atoms with van der Waals surface area (Å²) in [6.45, 7) is 0.722. The van der Waals surface area contributed by atoms with Gasteiger partial charge in [0.05, 0.1) is 12.4 Å². The van der Waals surface area contributed by atoms with E-state index in [0.717, 1.165) is 40.6 Å². The van der Waals surface area contributed by atoms with E-state index in [0.29, 0.717) is 4.77 Å². The Morgan fingerprint density at radius 2 is 2.26 bits per heavy atom. The zero-order chi connectivity index (χ0) is 13.5. The van der Waals surface area contributed by atoms with Crippen LogP contribution in [0.5, 0.6) is 5.75 Å². The second kappa shape index (κ2) is 7.72. The Kier molecular flexibility index (Phi) is 5.93. The van der Waals surface area contributed by atoms with Gasteiger partial charge in [-0.2, -0.15) is 11.8 Å². The highest BCUT2D eigenvalue weighted by Crippen LogP contribution is 2.18. The van der Waals surface area contributed by atoms with Crippen molar-refractivity contribution in [3.05, 3.63) is 39.3 Å². The summed E-state index contributed by atoms with van der Waals surface area (Å²) >= 11 is 10.1. The Morgan fingerprint density at radius 1 is 1.37 bits per heavy atom. The second-order valence-electron chi connectivity index (χ2n) is 3.83. The van der Waals surface area contributed by atoms with Crippen LogP contribution >= 0.6 is 39.9 Å². The number of ether oxygens (including phenoxy) is 1. The highest BCUT2D eigenvalue weighted by Gasteiger charge is 1.98. The van der Waals surface area contributed by atoms with Crippen LogP contribution in [0, 0.1) is 4.77 Å². The fraction of sp³-hybridized carbons (Fsp3) is 0.333. The number of aromatic amines is 2. The van der Waals surface area contributed by atoms with Gasteiger partial charge in [0.15, 0.2) is 0 Å². The molecule has 0 atom stereocenters.